The number of nitrogens with zero attached hydrogens (tertiary/aromatic N) is 8. The standard InChI is InChI=1S/C33H42ClN9O3/c1-21(2)45-32-30(16-42(40-32)25-5-7-26(8-6-25)43-27-9-10-28(43)18-44-17-27)39-33-36-13-24(14-37-33)23-4-11-29(34)31(12-23)46-22(3)15-41-20-35-19-38-41/h4,11-14,16,19-22,25-28H,5-10,15,17-18H2,1-3H3,(H,36,37,39)/t22-,25-,26-,27-,28+/m0/s1. The molecule has 0 spiro atoms. The molecule has 1 saturated carbocycles. The van der Waals surface area contributed by atoms with Crippen molar-refractivity contribution in [3.63, 3.8) is 0 Å². The summed E-state index contributed by atoms with van der Waals surface area (Å²) in [5.41, 5.74) is 2.50. The average molecular weight is 648 g/mol. The molecule has 0 radical (unpaired) electrons. The molecule has 2 bridgehead atoms. The molecule has 12 nitrogen and oxygen atoms in total. The summed E-state index contributed by atoms with van der Waals surface area (Å²) in [7, 11) is 0. The number of rotatable bonds is 11. The molecule has 1 aliphatic carbocycles. The van der Waals surface area contributed by atoms with E-state index < -0.39 is 0 Å². The molecular formula is C33H42ClN9O3. The van der Waals surface area contributed by atoms with Crippen LogP contribution in [-0.4, -0.2) is 83.0 Å². The van der Waals surface area contributed by atoms with Crippen molar-refractivity contribution in [3.05, 3.63) is 54.5 Å². The second-order valence-corrected chi connectivity index (χ2v) is 13.3. The number of anilines is 2. The van der Waals surface area contributed by atoms with Crippen molar-refractivity contribution in [1.82, 2.24) is 39.4 Å². The Balaban J connectivity index is 1.01. The summed E-state index contributed by atoms with van der Waals surface area (Å²) in [4.78, 5) is 16.0. The molecule has 3 atom stereocenters. The smallest absolute Gasteiger partial charge is 0.257 e. The van der Waals surface area contributed by atoms with E-state index in [1.165, 1.54) is 32.0 Å². The quantitative estimate of drug-likeness (QED) is 0.210. The van der Waals surface area contributed by atoms with Crippen LogP contribution in [0.15, 0.2) is 49.4 Å². The first kappa shape index (κ1) is 30.9. The van der Waals surface area contributed by atoms with Gasteiger partial charge in [0.25, 0.3) is 5.88 Å². The second kappa shape index (κ2) is 13.5. The molecule has 2 aliphatic heterocycles. The summed E-state index contributed by atoms with van der Waals surface area (Å²) in [6.07, 6.45) is 15.7. The highest BCUT2D eigenvalue weighted by molar-refractivity contribution is 6.32. The van der Waals surface area contributed by atoms with Crippen LogP contribution in [0.4, 0.5) is 11.6 Å². The lowest BCUT2D eigenvalue weighted by Crippen LogP contribution is -2.52. The van der Waals surface area contributed by atoms with Crippen molar-refractivity contribution in [2.45, 2.75) is 102 Å². The van der Waals surface area contributed by atoms with Crippen molar-refractivity contribution in [2.24, 2.45) is 0 Å². The first-order valence-corrected chi connectivity index (χ1v) is 16.8. The normalized spacial score (nSPS) is 23.8. The minimum absolute atomic E-state index is 0.0139. The lowest BCUT2D eigenvalue weighted by atomic mass is 9.89. The Morgan fingerprint density at radius 3 is 2.35 bits per heavy atom. The number of benzene rings is 1. The van der Waals surface area contributed by atoms with Gasteiger partial charge < -0.3 is 19.5 Å². The van der Waals surface area contributed by atoms with E-state index in [4.69, 9.17) is 30.9 Å². The van der Waals surface area contributed by atoms with Crippen molar-refractivity contribution < 1.29 is 14.2 Å². The van der Waals surface area contributed by atoms with Crippen LogP contribution in [0.25, 0.3) is 11.1 Å². The number of hydrogen-bond donors (Lipinski definition) is 1. The maximum absolute atomic E-state index is 6.46. The molecule has 4 aromatic rings. The third-order valence-corrected chi connectivity index (χ3v) is 9.52. The van der Waals surface area contributed by atoms with E-state index in [1.54, 1.807) is 23.4 Å². The topological polar surface area (TPSA) is 117 Å². The van der Waals surface area contributed by atoms with Gasteiger partial charge in [0.2, 0.25) is 5.95 Å². The lowest BCUT2D eigenvalue weighted by Gasteiger charge is -2.43. The molecule has 1 aromatic carbocycles. The number of aromatic nitrogens is 7. The van der Waals surface area contributed by atoms with Crippen molar-refractivity contribution >= 4 is 23.2 Å². The van der Waals surface area contributed by atoms with Gasteiger partial charge in [-0.25, -0.2) is 19.6 Å². The number of nitrogens with one attached hydrogen (secondary N) is 1. The maximum Gasteiger partial charge on any atom is 0.257 e. The van der Waals surface area contributed by atoms with Crippen molar-refractivity contribution in [2.75, 3.05) is 18.5 Å². The fourth-order valence-electron chi connectivity index (χ4n) is 7.12. The van der Waals surface area contributed by atoms with Crippen LogP contribution in [0.3, 0.4) is 0 Å². The zero-order chi connectivity index (χ0) is 31.6. The van der Waals surface area contributed by atoms with Gasteiger partial charge in [0, 0.05) is 36.1 Å². The van der Waals surface area contributed by atoms with Gasteiger partial charge in [0.15, 0.2) is 0 Å². The fourth-order valence-corrected chi connectivity index (χ4v) is 7.28. The van der Waals surface area contributed by atoms with E-state index >= 15 is 0 Å². The predicted molar refractivity (Wildman–Crippen MR) is 175 cm³/mol. The van der Waals surface area contributed by atoms with E-state index in [2.05, 4.69) is 34.9 Å². The van der Waals surface area contributed by atoms with Crippen molar-refractivity contribution in [1.29, 1.82) is 0 Å². The van der Waals surface area contributed by atoms with Crippen LogP contribution in [0, 0.1) is 0 Å². The van der Waals surface area contributed by atoms with E-state index in [0.717, 1.165) is 42.9 Å². The fraction of sp³-hybridized carbons (Fsp3) is 0.545. The Bertz CT molecular complexity index is 1570. The highest BCUT2D eigenvalue weighted by atomic mass is 35.5. The van der Waals surface area contributed by atoms with E-state index in [0.29, 0.717) is 53.3 Å². The summed E-state index contributed by atoms with van der Waals surface area (Å²) in [5.74, 6) is 1.62. The first-order valence-electron chi connectivity index (χ1n) is 16.4. The Morgan fingerprint density at radius 2 is 1.65 bits per heavy atom. The summed E-state index contributed by atoms with van der Waals surface area (Å²) in [6, 6.07) is 7.85. The minimum atomic E-state index is -0.157. The predicted octanol–water partition coefficient (Wildman–Crippen LogP) is 5.93. The number of halogens is 1. The van der Waals surface area contributed by atoms with Gasteiger partial charge >= 0.3 is 0 Å². The molecule has 3 aromatic heterocycles. The van der Waals surface area contributed by atoms with Crippen LogP contribution < -0.4 is 14.8 Å². The molecule has 5 heterocycles. The molecule has 7 rings (SSSR count). The molecule has 1 N–H and O–H groups in total. The summed E-state index contributed by atoms with van der Waals surface area (Å²) in [6.45, 7) is 8.32. The van der Waals surface area contributed by atoms with Gasteiger partial charge in [-0.3, -0.25) is 9.58 Å². The van der Waals surface area contributed by atoms with Crippen LogP contribution in [0.5, 0.6) is 11.6 Å². The zero-order valence-corrected chi connectivity index (χ0v) is 27.4. The first-order chi connectivity index (χ1) is 22.4. The SMILES string of the molecule is CC(C)Oc1nn([C@H]2CC[C@H](N3[C@@H]4CC[C@H]3COC4)CC2)cc1Nc1ncc(-c2ccc(Cl)c(O[C@@H](C)Cn3cncn3)c2)cn1. The molecule has 2 saturated heterocycles. The molecular weight excluding hydrogens is 606 g/mol. The molecule has 3 fully saturated rings. The summed E-state index contributed by atoms with van der Waals surface area (Å²) in [5, 5.41) is 12.9. The number of morpholine rings is 1. The van der Waals surface area contributed by atoms with Crippen LogP contribution in [-0.2, 0) is 11.3 Å². The lowest BCUT2D eigenvalue weighted by molar-refractivity contribution is -0.0458. The van der Waals surface area contributed by atoms with Gasteiger partial charge in [-0.05, 0) is 77.0 Å². The van der Waals surface area contributed by atoms with E-state index in [1.807, 2.05) is 45.2 Å². The van der Waals surface area contributed by atoms with Crippen molar-refractivity contribution in [3.8, 4) is 22.8 Å². The van der Waals surface area contributed by atoms with Crippen LogP contribution in [0.1, 0.15) is 65.3 Å². The molecule has 46 heavy (non-hydrogen) atoms. The third-order valence-electron chi connectivity index (χ3n) is 9.21. The maximum atomic E-state index is 6.46. The highest BCUT2D eigenvalue weighted by Crippen LogP contribution is 2.40. The van der Waals surface area contributed by atoms with E-state index in [9.17, 15) is 0 Å². The average Bonchev–Trinajstić information content (AvgIpc) is 3.76. The summed E-state index contributed by atoms with van der Waals surface area (Å²) >= 11 is 6.46. The van der Waals surface area contributed by atoms with Gasteiger partial charge in [-0.15, -0.1) is 5.10 Å². The molecule has 244 valence electrons. The second-order valence-electron chi connectivity index (χ2n) is 12.9. The van der Waals surface area contributed by atoms with Gasteiger partial charge in [0.05, 0.1) is 43.1 Å². The van der Waals surface area contributed by atoms with Gasteiger partial charge in [-0.2, -0.15) is 5.10 Å². The monoisotopic (exact) mass is 647 g/mol. The highest BCUT2D eigenvalue weighted by Gasteiger charge is 2.42. The largest absolute Gasteiger partial charge is 0.487 e. The molecule has 0 amide bonds. The Morgan fingerprint density at radius 1 is 0.935 bits per heavy atom. The zero-order valence-electron chi connectivity index (χ0n) is 26.6. The Kier molecular flexibility index (Phi) is 9.10. The Labute approximate surface area is 274 Å². The molecule has 0 unspecified atom stereocenters. The van der Waals surface area contributed by atoms with Gasteiger partial charge in [-0.1, -0.05) is 17.7 Å². The Hall–Kier alpha value is -3.74. The van der Waals surface area contributed by atoms with Crippen LogP contribution in [0.2, 0.25) is 5.02 Å². The number of ether oxygens (including phenoxy) is 3. The summed E-state index contributed by atoms with van der Waals surface area (Å²) < 4.78 is 21.9. The van der Waals surface area contributed by atoms with E-state index in [-0.39, 0.29) is 12.2 Å². The number of fused-ring (bicyclic) bond motifs is 2. The van der Waals surface area contributed by atoms with Crippen LogP contribution >= 0.6 is 11.6 Å². The molecule has 13 heteroatoms. The van der Waals surface area contributed by atoms with Gasteiger partial charge in [0.1, 0.15) is 30.2 Å². The number of hydrogen-bond acceptors (Lipinski definition) is 10. The minimum Gasteiger partial charge on any atom is -0.487 e. The third kappa shape index (κ3) is 6.84. The molecule has 3 aliphatic rings.